The molecule has 0 spiro atoms. The number of fused-ring (bicyclic) bond motifs is 1. The first-order valence-electron chi connectivity index (χ1n) is 9.99. The Bertz CT molecular complexity index is 885. The van der Waals surface area contributed by atoms with Crippen molar-refractivity contribution in [1.29, 1.82) is 0 Å². The second kappa shape index (κ2) is 8.55. The second-order valence-corrected chi connectivity index (χ2v) is 8.09. The first-order chi connectivity index (χ1) is 14.1. The minimum Gasteiger partial charge on any atom is -0.381 e. The van der Waals surface area contributed by atoms with E-state index in [1.165, 1.54) is 0 Å². The maximum atomic E-state index is 12.9. The lowest BCUT2D eigenvalue weighted by atomic mass is 9.87. The van der Waals surface area contributed by atoms with Crippen molar-refractivity contribution in [1.82, 2.24) is 9.97 Å². The lowest BCUT2D eigenvalue weighted by Gasteiger charge is -2.34. The number of ether oxygens (including phenoxy) is 1. The van der Waals surface area contributed by atoms with Crippen molar-refractivity contribution in [2.75, 3.05) is 35.8 Å². The van der Waals surface area contributed by atoms with Gasteiger partial charge >= 0.3 is 6.03 Å². The van der Waals surface area contributed by atoms with Crippen molar-refractivity contribution in [2.45, 2.75) is 38.3 Å². The van der Waals surface area contributed by atoms with Gasteiger partial charge in [-0.15, -0.1) is 0 Å². The van der Waals surface area contributed by atoms with Gasteiger partial charge in [0.2, 0.25) is 5.95 Å². The summed E-state index contributed by atoms with van der Waals surface area (Å²) in [6, 6.07) is 7.18. The van der Waals surface area contributed by atoms with Crippen LogP contribution in [0.25, 0.3) is 0 Å². The molecule has 0 unspecified atom stereocenters. The summed E-state index contributed by atoms with van der Waals surface area (Å²) in [7, 11) is 3.52. The van der Waals surface area contributed by atoms with Crippen molar-refractivity contribution in [3.63, 3.8) is 0 Å². The number of benzene rings is 1. The monoisotopic (exact) mass is 415 g/mol. The SMILES string of the molecule is CO[C@H]1CC[C@H](CNc2ncc3c(n2)N(C)C(=O)N(c2ccccc2Cl)C3)CC1. The molecule has 0 atom stereocenters. The van der Waals surface area contributed by atoms with E-state index in [2.05, 4.69) is 15.3 Å². The molecule has 2 aromatic rings. The number of rotatable bonds is 5. The number of nitrogens with zero attached hydrogens (tertiary/aromatic N) is 4. The Labute approximate surface area is 176 Å². The largest absolute Gasteiger partial charge is 0.381 e. The zero-order valence-electron chi connectivity index (χ0n) is 16.8. The smallest absolute Gasteiger partial charge is 0.330 e. The molecule has 29 heavy (non-hydrogen) atoms. The Morgan fingerprint density at radius 2 is 2.00 bits per heavy atom. The van der Waals surface area contributed by atoms with Crippen LogP contribution < -0.4 is 15.1 Å². The Balaban J connectivity index is 1.46. The number of carbonyl (C=O) groups excluding carboxylic acids is 1. The highest BCUT2D eigenvalue weighted by Gasteiger charge is 2.31. The highest BCUT2D eigenvalue weighted by atomic mass is 35.5. The Morgan fingerprint density at radius 3 is 2.72 bits per heavy atom. The van der Waals surface area contributed by atoms with E-state index in [0.29, 0.717) is 41.0 Å². The van der Waals surface area contributed by atoms with Crippen LogP contribution in [-0.4, -0.2) is 42.8 Å². The molecule has 4 rings (SSSR count). The quantitative estimate of drug-likeness (QED) is 0.787. The van der Waals surface area contributed by atoms with E-state index in [9.17, 15) is 4.79 Å². The van der Waals surface area contributed by atoms with Gasteiger partial charge in [-0.2, -0.15) is 4.98 Å². The Morgan fingerprint density at radius 1 is 1.24 bits per heavy atom. The fourth-order valence-electron chi connectivity index (χ4n) is 4.06. The molecule has 8 heteroatoms. The van der Waals surface area contributed by atoms with Crippen LogP contribution in [-0.2, 0) is 11.3 Å². The van der Waals surface area contributed by atoms with Gasteiger partial charge in [0, 0.05) is 32.5 Å². The number of anilines is 3. The van der Waals surface area contributed by atoms with E-state index in [1.807, 2.05) is 18.2 Å². The highest BCUT2D eigenvalue weighted by Crippen LogP contribution is 2.33. The molecule has 2 amide bonds. The normalized spacial score (nSPS) is 21.8. The number of nitrogens with one attached hydrogen (secondary N) is 1. The van der Waals surface area contributed by atoms with E-state index < -0.39 is 0 Å². The minimum absolute atomic E-state index is 0.159. The van der Waals surface area contributed by atoms with Crippen LogP contribution in [0.15, 0.2) is 30.5 Å². The van der Waals surface area contributed by atoms with Crippen LogP contribution >= 0.6 is 11.6 Å². The second-order valence-electron chi connectivity index (χ2n) is 7.68. The van der Waals surface area contributed by atoms with Crippen LogP contribution in [0.4, 0.5) is 22.2 Å². The summed E-state index contributed by atoms with van der Waals surface area (Å²) in [6.07, 6.45) is 6.67. The van der Waals surface area contributed by atoms with Gasteiger partial charge in [0.25, 0.3) is 0 Å². The maximum absolute atomic E-state index is 12.9. The fraction of sp³-hybridized carbons (Fsp3) is 0.476. The molecular weight excluding hydrogens is 390 g/mol. The number of hydrogen-bond donors (Lipinski definition) is 1. The maximum Gasteiger partial charge on any atom is 0.330 e. The van der Waals surface area contributed by atoms with E-state index >= 15 is 0 Å². The number of para-hydroxylation sites is 1. The predicted molar refractivity (Wildman–Crippen MR) is 115 cm³/mol. The summed E-state index contributed by atoms with van der Waals surface area (Å²) in [6.45, 7) is 1.22. The summed E-state index contributed by atoms with van der Waals surface area (Å²) in [5, 5.41) is 3.89. The average molecular weight is 416 g/mol. The lowest BCUT2D eigenvalue weighted by molar-refractivity contribution is 0.0585. The van der Waals surface area contributed by atoms with Gasteiger partial charge in [-0.25, -0.2) is 9.78 Å². The summed E-state index contributed by atoms with van der Waals surface area (Å²) in [4.78, 5) is 25.2. The van der Waals surface area contributed by atoms with Crippen molar-refractivity contribution >= 4 is 35.1 Å². The first-order valence-corrected chi connectivity index (χ1v) is 10.4. The van der Waals surface area contributed by atoms with Gasteiger partial charge in [-0.1, -0.05) is 23.7 Å². The number of hydrogen-bond acceptors (Lipinski definition) is 5. The van der Waals surface area contributed by atoms with Crippen molar-refractivity contribution in [3.8, 4) is 0 Å². The van der Waals surface area contributed by atoms with Gasteiger partial charge in [0.15, 0.2) is 0 Å². The van der Waals surface area contributed by atoms with Crippen LogP contribution in [0.3, 0.4) is 0 Å². The third-order valence-corrected chi connectivity index (χ3v) is 6.14. The van der Waals surface area contributed by atoms with Crippen molar-refractivity contribution < 1.29 is 9.53 Å². The first kappa shape index (κ1) is 19.9. The fourth-order valence-corrected chi connectivity index (χ4v) is 4.30. The lowest BCUT2D eigenvalue weighted by Crippen LogP contribution is -2.46. The molecule has 0 saturated heterocycles. The van der Waals surface area contributed by atoms with Crippen LogP contribution in [0.5, 0.6) is 0 Å². The van der Waals surface area contributed by atoms with E-state index in [4.69, 9.17) is 16.3 Å². The zero-order valence-corrected chi connectivity index (χ0v) is 17.5. The summed E-state index contributed by atoms with van der Waals surface area (Å²) in [5.41, 5.74) is 1.57. The molecule has 1 aliphatic heterocycles. The predicted octanol–water partition coefficient (Wildman–Crippen LogP) is 4.32. The number of carbonyl (C=O) groups is 1. The third kappa shape index (κ3) is 4.16. The molecule has 0 radical (unpaired) electrons. The molecule has 1 aromatic carbocycles. The van der Waals surface area contributed by atoms with Crippen molar-refractivity contribution in [3.05, 3.63) is 41.0 Å². The zero-order chi connectivity index (χ0) is 20.4. The van der Waals surface area contributed by atoms with Gasteiger partial charge in [0.05, 0.1) is 23.4 Å². The third-order valence-electron chi connectivity index (χ3n) is 5.82. The molecule has 1 fully saturated rings. The van der Waals surface area contributed by atoms with Gasteiger partial charge in [-0.3, -0.25) is 9.80 Å². The Kier molecular flexibility index (Phi) is 5.87. The van der Waals surface area contributed by atoms with Gasteiger partial charge < -0.3 is 10.1 Å². The van der Waals surface area contributed by atoms with Crippen LogP contribution in [0.1, 0.15) is 31.2 Å². The molecular formula is C21H26ClN5O2. The van der Waals surface area contributed by atoms with Crippen LogP contribution in [0.2, 0.25) is 5.02 Å². The molecule has 2 heterocycles. The standard InChI is InChI=1S/C21H26ClN5O2/c1-26-19-15(13-27(21(26)28)18-6-4-3-5-17(18)22)12-24-20(25-19)23-11-14-7-9-16(29-2)10-8-14/h3-6,12,14,16H,7-11,13H2,1-2H3,(H,23,24,25)/t14-,16-. The van der Waals surface area contributed by atoms with Crippen LogP contribution in [0, 0.1) is 5.92 Å². The molecule has 1 aromatic heterocycles. The molecule has 1 saturated carbocycles. The molecule has 1 N–H and O–H groups in total. The van der Waals surface area contributed by atoms with E-state index in [1.54, 1.807) is 36.2 Å². The minimum atomic E-state index is -0.159. The summed E-state index contributed by atoms with van der Waals surface area (Å²) >= 11 is 6.29. The molecule has 7 nitrogen and oxygen atoms in total. The molecule has 2 aliphatic rings. The molecule has 154 valence electrons. The highest BCUT2D eigenvalue weighted by molar-refractivity contribution is 6.34. The number of aromatic nitrogens is 2. The number of amides is 2. The molecule has 0 bridgehead atoms. The molecule has 1 aliphatic carbocycles. The average Bonchev–Trinajstić information content (AvgIpc) is 2.76. The van der Waals surface area contributed by atoms with Crippen molar-refractivity contribution in [2.24, 2.45) is 5.92 Å². The summed E-state index contributed by atoms with van der Waals surface area (Å²) in [5.74, 6) is 1.79. The number of methoxy groups -OCH3 is 1. The van der Waals surface area contributed by atoms with E-state index in [-0.39, 0.29) is 6.03 Å². The topological polar surface area (TPSA) is 70.6 Å². The Hall–Kier alpha value is -2.38. The summed E-state index contributed by atoms with van der Waals surface area (Å²) < 4.78 is 5.44. The van der Waals surface area contributed by atoms with Gasteiger partial charge in [0.1, 0.15) is 5.82 Å². The van der Waals surface area contributed by atoms with Gasteiger partial charge in [-0.05, 0) is 43.7 Å². The number of halogens is 1. The number of urea groups is 1. The van der Waals surface area contributed by atoms with E-state index in [0.717, 1.165) is 37.8 Å².